The molecule has 0 spiro atoms. The Hall–Kier alpha value is -2.37. The Balaban J connectivity index is 2.12. The van der Waals surface area contributed by atoms with E-state index in [0.717, 1.165) is 70.6 Å². The third-order valence-corrected chi connectivity index (χ3v) is 11.5. The number of carbonyl (C=O) groups excluding carboxylic acids is 1. The van der Waals surface area contributed by atoms with Gasteiger partial charge in [-0.15, -0.1) is 0 Å². The van der Waals surface area contributed by atoms with Crippen molar-refractivity contribution < 1.29 is 39.8 Å². The summed E-state index contributed by atoms with van der Waals surface area (Å²) in [6.07, 6.45) is 51.3. The molecule has 0 aromatic carbocycles. The van der Waals surface area contributed by atoms with E-state index in [1.807, 2.05) is 6.08 Å². The van der Waals surface area contributed by atoms with Gasteiger partial charge in [-0.25, -0.2) is 0 Å². The van der Waals surface area contributed by atoms with Crippen LogP contribution in [-0.4, -0.2) is 87.5 Å². The van der Waals surface area contributed by atoms with Crippen LogP contribution in [0.4, 0.5) is 0 Å². The van der Waals surface area contributed by atoms with Gasteiger partial charge in [-0.3, -0.25) is 4.79 Å². The van der Waals surface area contributed by atoms with Crippen LogP contribution in [0.25, 0.3) is 0 Å². The molecular formula is C53H93NO8. The number of rotatable bonds is 41. The number of nitrogens with one attached hydrogen (secondary N) is 1. The molecule has 1 saturated heterocycles. The Kier molecular flexibility index (Phi) is 39.6. The van der Waals surface area contributed by atoms with E-state index < -0.39 is 49.5 Å². The van der Waals surface area contributed by atoms with E-state index in [4.69, 9.17) is 9.47 Å². The first-order chi connectivity index (χ1) is 30.3. The highest BCUT2D eigenvalue weighted by molar-refractivity contribution is 5.76. The maximum Gasteiger partial charge on any atom is 0.220 e. The molecule has 1 aliphatic heterocycles. The van der Waals surface area contributed by atoms with Crippen molar-refractivity contribution in [2.24, 2.45) is 0 Å². The first-order valence-corrected chi connectivity index (χ1v) is 25.2. The standard InChI is InChI=1S/C53H93NO8/c1-3-5-7-9-11-13-14-15-16-17-18-19-20-21-22-23-24-25-26-27-28-29-30-31-32-33-34-35-37-39-41-43-49(57)54-46(47(56)42-40-38-36-12-10-8-6-4-2)45-61-53-52(60)51(59)50(58)48(44-55)62-53/h5,7,11,13,15-16,18-19,21-22,40,42,46-48,50-53,55-56,58-60H,3-4,6,8-10,12,14,17,20,23-39,41,43-45H2,1-2H3,(H,54,57)/b7-5-,13-11-,16-15-,19-18-,22-21-,42-40+. The Labute approximate surface area is 378 Å². The summed E-state index contributed by atoms with van der Waals surface area (Å²) < 4.78 is 11.2. The van der Waals surface area contributed by atoms with E-state index in [2.05, 4.69) is 79.9 Å². The van der Waals surface area contributed by atoms with Crippen LogP contribution >= 0.6 is 0 Å². The average molecular weight is 872 g/mol. The molecule has 7 unspecified atom stereocenters. The zero-order valence-electron chi connectivity index (χ0n) is 39.4. The molecule has 1 rings (SSSR count). The van der Waals surface area contributed by atoms with Gasteiger partial charge in [0.2, 0.25) is 5.91 Å². The Morgan fingerprint density at radius 3 is 1.48 bits per heavy atom. The molecule has 9 heteroatoms. The number of unbranched alkanes of at least 4 members (excludes halogenated alkanes) is 21. The maximum atomic E-state index is 12.9. The van der Waals surface area contributed by atoms with Crippen molar-refractivity contribution in [3.8, 4) is 0 Å². The third kappa shape index (κ3) is 32.3. The molecule has 9 nitrogen and oxygen atoms in total. The topological polar surface area (TPSA) is 149 Å². The summed E-state index contributed by atoms with van der Waals surface area (Å²) in [4.78, 5) is 12.9. The van der Waals surface area contributed by atoms with Gasteiger partial charge in [0, 0.05) is 6.42 Å². The molecule has 0 radical (unpaired) electrons. The van der Waals surface area contributed by atoms with Gasteiger partial charge >= 0.3 is 0 Å². The Bertz CT molecular complexity index is 1200. The summed E-state index contributed by atoms with van der Waals surface area (Å²) in [6, 6.07) is -0.804. The minimum Gasteiger partial charge on any atom is -0.394 e. The van der Waals surface area contributed by atoms with E-state index in [9.17, 15) is 30.3 Å². The van der Waals surface area contributed by atoms with E-state index >= 15 is 0 Å². The SMILES string of the molecule is CC/C=C\C/C=C\C/C=C\C/C=C\C/C=C\CCCCCCCCCCCCCCCCCC(=O)NC(COC1OC(CO)C(O)C(O)C1O)C(O)/C=C/CCCCCCCC. The van der Waals surface area contributed by atoms with Crippen LogP contribution < -0.4 is 5.32 Å². The maximum absolute atomic E-state index is 12.9. The Morgan fingerprint density at radius 2 is 1.00 bits per heavy atom. The van der Waals surface area contributed by atoms with Gasteiger partial charge in [0.15, 0.2) is 6.29 Å². The highest BCUT2D eigenvalue weighted by atomic mass is 16.7. The van der Waals surface area contributed by atoms with Crippen LogP contribution in [0.1, 0.15) is 200 Å². The van der Waals surface area contributed by atoms with Crippen molar-refractivity contribution in [1.82, 2.24) is 5.32 Å². The fraction of sp³-hybridized carbons (Fsp3) is 0.755. The molecule has 0 aromatic rings. The molecule has 0 saturated carbocycles. The molecule has 1 amide bonds. The van der Waals surface area contributed by atoms with Crippen molar-refractivity contribution >= 4 is 5.91 Å². The van der Waals surface area contributed by atoms with Crippen LogP contribution in [0, 0.1) is 0 Å². The molecule has 1 aliphatic rings. The lowest BCUT2D eigenvalue weighted by atomic mass is 9.99. The highest BCUT2D eigenvalue weighted by Gasteiger charge is 2.44. The number of aliphatic hydroxyl groups is 5. The van der Waals surface area contributed by atoms with Gasteiger partial charge in [0.05, 0.1) is 25.4 Å². The average Bonchev–Trinajstić information content (AvgIpc) is 3.27. The van der Waals surface area contributed by atoms with Crippen molar-refractivity contribution in [1.29, 1.82) is 0 Å². The van der Waals surface area contributed by atoms with E-state index in [1.54, 1.807) is 6.08 Å². The normalized spacial score (nSPS) is 20.9. The zero-order valence-corrected chi connectivity index (χ0v) is 39.4. The van der Waals surface area contributed by atoms with Crippen molar-refractivity contribution in [3.63, 3.8) is 0 Å². The molecule has 7 atom stereocenters. The lowest BCUT2D eigenvalue weighted by molar-refractivity contribution is -0.302. The molecule has 6 N–H and O–H groups in total. The molecule has 1 heterocycles. The van der Waals surface area contributed by atoms with Crippen molar-refractivity contribution in [2.75, 3.05) is 13.2 Å². The predicted octanol–water partition coefficient (Wildman–Crippen LogP) is 11.3. The largest absolute Gasteiger partial charge is 0.394 e. The Morgan fingerprint density at radius 1 is 0.565 bits per heavy atom. The van der Waals surface area contributed by atoms with Gasteiger partial charge in [-0.1, -0.05) is 202 Å². The number of allylic oxidation sites excluding steroid dienone is 11. The second kappa shape index (κ2) is 42.6. The summed E-state index contributed by atoms with van der Waals surface area (Å²) in [6.45, 7) is 3.60. The van der Waals surface area contributed by atoms with E-state index in [0.29, 0.717) is 6.42 Å². The van der Waals surface area contributed by atoms with Gasteiger partial charge in [-0.05, 0) is 64.2 Å². The first kappa shape index (κ1) is 57.6. The number of hydrogen-bond donors (Lipinski definition) is 6. The number of carbonyl (C=O) groups is 1. The summed E-state index contributed by atoms with van der Waals surface area (Å²) in [5.74, 6) is -0.183. The lowest BCUT2D eigenvalue weighted by Gasteiger charge is -2.40. The second-order valence-electron chi connectivity index (χ2n) is 17.2. The fourth-order valence-electron chi connectivity index (χ4n) is 7.53. The second-order valence-corrected chi connectivity index (χ2v) is 17.2. The van der Waals surface area contributed by atoms with Crippen LogP contribution in [0.2, 0.25) is 0 Å². The minimum absolute atomic E-state index is 0.183. The molecule has 0 bridgehead atoms. The van der Waals surface area contributed by atoms with Gasteiger partial charge < -0.3 is 40.3 Å². The van der Waals surface area contributed by atoms with Gasteiger partial charge in [0.1, 0.15) is 24.4 Å². The fourth-order valence-corrected chi connectivity index (χ4v) is 7.53. The highest BCUT2D eigenvalue weighted by Crippen LogP contribution is 2.23. The summed E-state index contributed by atoms with van der Waals surface area (Å²) in [5.41, 5.74) is 0. The van der Waals surface area contributed by atoms with Gasteiger partial charge in [-0.2, -0.15) is 0 Å². The molecule has 62 heavy (non-hydrogen) atoms. The zero-order chi connectivity index (χ0) is 45.1. The van der Waals surface area contributed by atoms with Crippen LogP contribution in [0.3, 0.4) is 0 Å². The van der Waals surface area contributed by atoms with Crippen molar-refractivity contribution in [2.45, 2.75) is 243 Å². The van der Waals surface area contributed by atoms with Gasteiger partial charge in [0.25, 0.3) is 0 Å². The number of aliphatic hydroxyl groups excluding tert-OH is 5. The first-order valence-electron chi connectivity index (χ1n) is 25.2. The number of ether oxygens (including phenoxy) is 2. The summed E-state index contributed by atoms with van der Waals surface area (Å²) >= 11 is 0. The van der Waals surface area contributed by atoms with Crippen LogP contribution in [-0.2, 0) is 14.3 Å². The van der Waals surface area contributed by atoms with Crippen LogP contribution in [0.15, 0.2) is 72.9 Å². The van der Waals surface area contributed by atoms with E-state index in [1.165, 1.54) is 109 Å². The number of hydrogen-bond acceptors (Lipinski definition) is 8. The molecule has 0 aromatic heterocycles. The van der Waals surface area contributed by atoms with Crippen LogP contribution in [0.5, 0.6) is 0 Å². The molecule has 358 valence electrons. The predicted molar refractivity (Wildman–Crippen MR) is 258 cm³/mol. The minimum atomic E-state index is -1.57. The van der Waals surface area contributed by atoms with E-state index in [-0.39, 0.29) is 12.5 Å². The molecule has 1 fully saturated rings. The summed E-state index contributed by atoms with van der Waals surface area (Å²) in [5, 5.41) is 54.0. The molecular weight excluding hydrogens is 779 g/mol. The smallest absolute Gasteiger partial charge is 0.220 e. The quantitative estimate of drug-likeness (QED) is 0.0263. The van der Waals surface area contributed by atoms with Crippen molar-refractivity contribution in [3.05, 3.63) is 72.9 Å². The number of amides is 1. The lowest BCUT2D eigenvalue weighted by Crippen LogP contribution is -2.60. The molecule has 0 aliphatic carbocycles. The monoisotopic (exact) mass is 872 g/mol. The third-order valence-electron chi connectivity index (χ3n) is 11.5. The summed E-state index contributed by atoms with van der Waals surface area (Å²) in [7, 11) is 0.